The number of amidine groups is 1. The van der Waals surface area contributed by atoms with E-state index in [4.69, 9.17) is 24.7 Å². The first-order valence-corrected chi connectivity index (χ1v) is 15.2. The van der Waals surface area contributed by atoms with Gasteiger partial charge < -0.3 is 24.7 Å². The Morgan fingerprint density at radius 1 is 0.872 bits per heavy atom. The number of hydrogen-bond acceptors (Lipinski definition) is 13. The van der Waals surface area contributed by atoms with Crippen molar-refractivity contribution in [2.24, 2.45) is 15.7 Å². The molecule has 1 spiro atoms. The van der Waals surface area contributed by atoms with Crippen LogP contribution < -0.4 is 16.7 Å². The van der Waals surface area contributed by atoms with E-state index in [-0.39, 0.29) is 28.6 Å². The van der Waals surface area contributed by atoms with Crippen LogP contribution >= 0.6 is 11.8 Å². The molecule has 0 aliphatic carbocycles. The van der Waals surface area contributed by atoms with Crippen LogP contribution in [0.25, 0.3) is 0 Å². The molecule has 1 unspecified atom stereocenters. The number of benzene rings is 3. The third kappa shape index (κ3) is 5.64. The molecule has 3 aromatic carbocycles. The molecule has 15 nitrogen and oxygen atoms in total. The first kappa shape index (κ1) is 29.9. The van der Waals surface area contributed by atoms with Crippen LogP contribution in [0.1, 0.15) is 31.1 Å². The van der Waals surface area contributed by atoms with Gasteiger partial charge in [-0.15, -0.1) is 0 Å². The lowest BCUT2D eigenvalue weighted by atomic mass is 10.0. The molecule has 3 aromatic rings. The van der Waals surface area contributed by atoms with E-state index in [9.17, 15) is 19.3 Å². The van der Waals surface area contributed by atoms with E-state index < -0.39 is 48.1 Å². The molecule has 4 aliphatic heterocycles. The highest BCUT2D eigenvalue weighted by Gasteiger charge is 2.62. The number of hydrazine groups is 3. The van der Waals surface area contributed by atoms with Crippen molar-refractivity contribution in [3.63, 3.8) is 0 Å². The van der Waals surface area contributed by atoms with Crippen LogP contribution in [0.2, 0.25) is 0 Å². The quantitative estimate of drug-likeness (QED) is 0.182. The summed E-state index contributed by atoms with van der Waals surface area (Å²) in [5.41, 5.74) is 12.3. The van der Waals surface area contributed by atoms with Crippen LogP contribution in [0, 0.1) is 4.91 Å². The highest BCUT2D eigenvalue weighted by Crippen LogP contribution is 2.47. The second-order valence-electron chi connectivity index (χ2n) is 10.6. The monoisotopic (exact) mass is 656 g/mol. The summed E-state index contributed by atoms with van der Waals surface area (Å²) >= 11 is 1.03. The zero-order chi connectivity index (χ0) is 32.5. The zero-order valence-corrected chi connectivity index (χ0v) is 25.1. The van der Waals surface area contributed by atoms with Crippen molar-refractivity contribution in [2.75, 3.05) is 6.61 Å². The van der Waals surface area contributed by atoms with Crippen molar-refractivity contribution in [2.45, 2.75) is 30.2 Å². The number of carbonyl (C=O) groups excluding carboxylic acids is 3. The number of thioether (sulfide) groups is 1. The lowest BCUT2D eigenvalue weighted by Crippen LogP contribution is -2.54. The number of hydrogen-bond donors (Lipinski definition) is 3. The number of nitrogens with one attached hydrogen (secondary N) is 2. The fourth-order valence-corrected chi connectivity index (χ4v) is 6.45. The van der Waals surface area contributed by atoms with Gasteiger partial charge in [-0.3, -0.25) is 0 Å². The Hall–Kier alpha value is -5.74. The van der Waals surface area contributed by atoms with Gasteiger partial charge in [-0.05, 0) is 53.7 Å². The lowest BCUT2D eigenvalue weighted by molar-refractivity contribution is -0.651. The number of nitroso groups, excluding NO2 is 1. The second kappa shape index (κ2) is 12.2. The topological polar surface area (TPSA) is 186 Å². The van der Waals surface area contributed by atoms with Crippen molar-refractivity contribution in [1.82, 2.24) is 16.0 Å². The molecule has 238 valence electrons. The maximum atomic E-state index is 13.5. The number of aliphatic imine (C=N–C) groups is 2. The average molecular weight is 657 g/mol. The van der Waals surface area contributed by atoms with Gasteiger partial charge in [0.2, 0.25) is 0 Å². The second-order valence-corrected chi connectivity index (χ2v) is 11.6. The molecule has 16 heteroatoms. The molecule has 7 rings (SSSR count). The van der Waals surface area contributed by atoms with E-state index in [1.54, 1.807) is 91.0 Å². The summed E-state index contributed by atoms with van der Waals surface area (Å²) in [5, 5.41) is 1.44. The van der Waals surface area contributed by atoms with Crippen LogP contribution in [-0.2, 0) is 18.9 Å². The van der Waals surface area contributed by atoms with Crippen LogP contribution in [0.4, 0.5) is 0 Å². The molecule has 0 bridgehead atoms. The van der Waals surface area contributed by atoms with E-state index in [0.29, 0.717) is 15.4 Å². The van der Waals surface area contributed by atoms with Gasteiger partial charge in [0.25, 0.3) is 4.98 Å². The lowest BCUT2D eigenvalue weighted by Gasteiger charge is -2.30. The van der Waals surface area contributed by atoms with Gasteiger partial charge >= 0.3 is 23.7 Å². The normalized spacial score (nSPS) is 25.7. The Morgan fingerprint density at radius 3 is 2.02 bits per heavy atom. The van der Waals surface area contributed by atoms with Gasteiger partial charge in [-0.25, -0.2) is 24.4 Å². The van der Waals surface area contributed by atoms with Crippen LogP contribution in [0.3, 0.4) is 0 Å². The SMILES string of the molecule is NC1=NC23N[N+](=O)NN2C=NC([C@@H]2O[C@H](COC(=O)c4ccccc4)[C@@H](OC(=O)c4ccccc4)[C@H]2OC(=O)c2ccccc2)=C3S1. The summed E-state index contributed by atoms with van der Waals surface area (Å²) < 4.78 is 24.1. The largest absolute Gasteiger partial charge is 0.459 e. The fourth-order valence-electron chi connectivity index (χ4n) is 5.46. The standard InChI is InChI=1S/C31H26N7O8S/c32-30-34-31-26(47-30)22(33-17-37(31)36-38(42)35-31)24-25(46-29(41)20-14-8-3-9-15-20)23(45-28(40)19-12-6-2-7-13-19)21(44-24)16-43-27(39)18-10-4-1-5-11-18/h1-15,17,21,23-25H,16H2,(H2,32,34)(H2,35,36,42)/q+1/t21-,23-,24+,25-,31?/m1/s1. The maximum Gasteiger partial charge on any atom is 0.338 e. The molecule has 4 N–H and O–H groups in total. The summed E-state index contributed by atoms with van der Waals surface area (Å²) in [5.74, 6) is -3.59. The van der Waals surface area contributed by atoms with Crippen LogP contribution in [-0.4, -0.2) is 76.2 Å². The Labute approximate surface area is 270 Å². The number of nitrogens with two attached hydrogens (primary N) is 1. The molecule has 0 amide bonds. The van der Waals surface area contributed by atoms with Crippen molar-refractivity contribution in [3.8, 4) is 0 Å². The Bertz CT molecular complexity index is 1820. The summed E-state index contributed by atoms with van der Waals surface area (Å²) in [6.07, 6.45) is -3.60. The predicted molar refractivity (Wildman–Crippen MR) is 166 cm³/mol. The molecule has 5 atom stereocenters. The molecule has 2 fully saturated rings. The number of rotatable bonds is 8. The molecule has 4 heterocycles. The smallest absolute Gasteiger partial charge is 0.338 e. The first-order valence-electron chi connectivity index (χ1n) is 14.3. The van der Waals surface area contributed by atoms with Crippen LogP contribution in [0.15, 0.2) is 112 Å². The van der Waals surface area contributed by atoms with Crippen molar-refractivity contribution >= 4 is 41.2 Å². The summed E-state index contributed by atoms with van der Waals surface area (Å²) in [6.45, 7) is -0.375. The third-order valence-corrected chi connectivity index (χ3v) is 8.62. The number of carbonyl (C=O) groups is 3. The number of esters is 3. The Morgan fingerprint density at radius 2 is 1.43 bits per heavy atom. The Balaban J connectivity index is 1.27. The maximum absolute atomic E-state index is 13.5. The molecule has 0 aromatic heterocycles. The predicted octanol–water partition coefficient (Wildman–Crippen LogP) is 2.05. The third-order valence-electron chi connectivity index (χ3n) is 7.62. The highest BCUT2D eigenvalue weighted by molar-refractivity contribution is 8.17. The highest BCUT2D eigenvalue weighted by atomic mass is 32.2. The van der Waals surface area contributed by atoms with Gasteiger partial charge in [0.05, 0.1) is 32.2 Å². The van der Waals surface area contributed by atoms with E-state index in [1.807, 2.05) is 0 Å². The van der Waals surface area contributed by atoms with Crippen LogP contribution in [0.5, 0.6) is 0 Å². The van der Waals surface area contributed by atoms with E-state index in [2.05, 4.69) is 20.9 Å². The summed E-state index contributed by atoms with van der Waals surface area (Å²) in [6, 6.07) is 24.8. The van der Waals surface area contributed by atoms with Crippen molar-refractivity contribution in [3.05, 3.63) is 123 Å². The molecular formula is C31H26N7O8S+. The van der Waals surface area contributed by atoms with Gasteiger partial charge in [0.15, 0.2) is 17.4 Å². The van der Waals surface area contributed by atoms with E-state index in [1.165, 1.54) is 11.3 Å². The van der Waals surface area contributed by atoms with Crippen molar-refractivity contribution < 1.29 is 38.3 Å². The number of nitrogens with zero attached hydrogens (tertiary/aromatic N) is 4. The molecule has 2 saturated heterocycles. The zero-order valence-electron chi connectivity index (χ0n) is 24.3. The molecule has 0 radical (unpaired) electrons. The molecule has 4 aliphatic rings. The minimum atomic E-state index is -1.50. The van der Waals surface area contributed by atoms with Crippen molar-refractivity contribution in [1.29, 1.82) is 0 Å². The molecular weight excluding hydrogens is 630 g/mol. The van der Waals surface area contributed by atoms with Gasteiger partial charge in [-0.1, -0.05) is 60.0 Å². The van der Waals surface area contributed by atoms with Gasteiger partial charge in [0, 0.05) is 0 Å². The Kier molecular flexibility index (Phi) is 7.79. The van der Waals surface area contributed by atoms with E-state index >= 15 is 0 Å². The minimum absolute atomic E-state index is 0.119. The van der Waals surface area contributed by atoms with Gasteiger partial charge in [-0.2, -0.15) is 5.01 Å². The molecule has 47 heavy (non-hydrogen) atoms. The number of ether oxygens (including phenoxy) is 4. The van der Waals surface area contributed by atoms with Gasteiger partial charge in [0.1, 0.15) is 25.2 Å². The fraction of sp³-hybridized carbons (Fsp3) is 0.194. The summed E-state index contributed by atoms with van der Waals surface area (Å²) in [7, 11) is 0. The molecule has 0 saturated carbocycles. The van der Waals surface area contributed by atoms with E-state index in [0.717, 1.165) is 11.8 Å². The average Bonchev–Trinajstić information content (AvgIpc) is 3.73. The summed E-state index contributed by atoms with van der Waals surface area (Å²) in [4.78, 5) is 61.8. The minimum Gasteiger partial charge on any atom is -0.459 e. The first-order chi connectivity index (χ1) is 22.8.